The predicted octanol–water partition coefficient (Wildman–Crippen LogP) is 2.75. The van der Waals surface area contributed by atoms with Crippen molar-refractivity contribution in [2.24, 2.45) is 0 Å². The van der Waals surface area contributed by atoms with Crippen molar-refractivity contribution in [3.8, 4) is 11.3 Å². The SMILES string of the molecule is CS(=O)(=O)O.Cc1ccc(-c2nc3ccc(C)cn3c2CC(=O)N(C)C)cc1. The molecule has 0 atom stereocenters. The first-order valence-electron chi connectivity index (χ1n) is 8.63. The van der Waals surface area contributed by atoms with Gasteiger partial charge in [-0.2, -0.15) is 8.42 Å². The topological polar surface area (TPSA) is 92.0 Å². The number of rotatable bonds is 3. The van der Waals surface area contributed by atoms with Gasteiger partial charge in [0.05, 0.1) is 24.1 Å². The number of carbonyl (C=O) groups is 1. The van der Waals surface area contributed by atoms with E-state index < -0.39 is 10.1 Å². The van der Waals surface area contributed by atoms with Crippen LogP contribution >= 0.6 is 0 Å². The third-order valence-electron chi connectivity index (χ3n) is 4.01. The summed E-state index contributed by atoms with van der Waals surface area (Å²) >= 11 is 0. The van der Waals surface area contributed by atoms with Gasteiger partial charge in [-0.15, -0.1) is 0 Å². The fourth-order valence-electron chi connectivity index (χ4n) is 2.61. The average molecular weight is 404 g/mol. The van der Waals surface area contributed by atoms with E-state index in [1.54, 1.807) is 19.0 Å². The van der Waals surface area contributed by atoms with Gasteiger partial charge in [-0.1, -0.05) is 35.9 Å². The number of hydrogen-bond acceptors (Lipinski definition) is 4. The Balaban J connectivity index is 0.000000500. The normalized spacial score (nSPS) is 11.1. The molecule has 2 aromatic heterocycles. The number of aromatic nitrogens is 2. The summed E-state index contributed by atoms with van der Waals surface area (Å²) in [6, 6.07) is 12.3. The third-order valence-corrected chi connectivity index (χ3v) is 4.01. The first-order valence-corrected chi connectivity index (χ1v) is 10.5. The first kappa shape index (κ1) is 21.6. The quantitative estimate of drug-likeness (QED) is 0.679. The second kappa shape index (κ2) is 8.53. The van der Waals surface area contributed by atoms with Crippen LogP contribution in [0.4, 0.5) is 0 Å². The standard InChI is InChI=1S/C19H21N3O.CH4O3S/c1-13-5-8-15(9-6-13)19-16(11-18(23)21(3)4)22-12-14(2)7-10-17(22)20-19;1-5(2,3)4/h5-10,12H,11H2,1-4H3;1H3,(H,2,3,4). The highest BCUT2D eigenvalue weighted by Gasteiger charge is 2.18. The Kier molecular flexibility index (Phi) is 6.58. The summed E-state index contributed by atoms with van der Waals surface area (Å²) in [6.45, 7) is 4.11. The molecule has 1 amide bonds. The van der Waals surface area contributed by atoms with Crippen LogP contribution in [0.1, 0.15) is 16.8 Å². The summed E-state index contributed by atoms with van der Waals surface area (Å²) in [5.41, 5.74) is 6.08. The minimum atomic E-state index is -3.67. The molecule has 0 aliphatic heterocycles. The lowest BCUT2D eigenvalue weighted by Gasteiger charge is -2.11. The van der Waals surface area contributed by atoms with Crippen molar-refractivity contribution in [2.75, 3.05) is 20.4 Å². The Morgan fingerprint density at radius 2 is 1.61 bits per heavy atom. The molecular weight excluding hydrogens is 378 g/mol. The number of hydrogen-bond donors (Lipinski definition) is 1. The highest BCUT2D eigenvalue weighted by atomic mass is 32.2. The maximum absolute atomic E-state index is 12.3. The molecule has 7 nitrogen and oxygen atoms in total. The molecule has 0 spiro atoms. The molecule has 150 valence electrons. The van der Waals surface area contributed by atoms with Gasteiger partial charge in [-0.05, 0) is 25.5 Å². The third kappa shape index (κ3) is 5.90. The Hall–Kier alpha value is -2.71. The second-order valence-electron chi connectivity index (χ2n) is 6.91. The summed E-state index contributed by atoms with van der Waals surface area (Å²) < 4.78 is 27.9. The lowest BCUT2D eigenvalue weighted by atomic mass is 10.1. The maximum Gasteiger partial charge on any atom is 0.261 e. The smallest absolute Gasteiger partial charge is 0.261 e. The number of aryl methyl sites for hydroxylation is 2. The van der Waals surface area contributed by atoms with E-state index in [4.69, 9.17) is 9.54 Å². The van der Waals surface area contributed by atoms with Gasteiger partial charge in [0, 0.05) is 25.9 Å². The number of benzene rings is 1. The molecule has 3 aromatic rings. The highest BCUT2D eigenvalue weighted by molar-refractivity contribution is 7.85. The van der Waals surface area contributed by atoms with Gasteiger partial charge in [0.2, 0.25) is 5.91 Å². The average Bonchev–Trinajstić information content (AvgIpc) is 2.92. The van der Waals surface area contributed by atoms with Gasteiger partial charge >= 0.3 is 0 Å². The summed E-state index contributed by atoms with van der Waals surface area (Å²) in [6.07, 6.45) is 3.09. The van der Waals surface area contributed by atoms with Crippen molar-refractivity contribution in [3.05, 3.63) is 59.4 Å². The molecule has 2 heterocycles. The molecule has 0 aliphatic rings. The number of amides is 1. The minimum Gasteiger partial charge on any atom is -0.348 e. The lowest BCUT2D eigenvalue weighted by molar-refractivity contribution is -0.128. The predicted molar refractivity (Wildman–Crippen MR) is 110 cm³/mol. The van der Waals surface area contributed by atoms with Crippen LogP contribution in [0.15, 0.2) is 42.6 Å². The zero-order valence-corrected chi connectivity index (χ0v) is 17.5. The van der Waals surface area contributed by atoms with Gasteiger partial charge in [0.1, 0.15) is 5.65 Å². The van der Waals surface area contributed by atoms with Gasteiger partial charge in [-0.25, -0.2) is 4.98 Å². The van der Waals surface area contributed by atoms with Crippen LogP contribution in [0, 0.1) is 13.8 Å². The molecule has 3 rings (SSSR count). The molecule has 28 heavy (non-hydrogen) atoms. The molecule has 1 aromatic carbocycles. The molecule has 8 heteroatoms. The van der Waals surface area contributed by atoms with Crippen molar-refractivity contribution in [3.63, 3.8) is 0 Å². The van der Waals surface area contributed by atoms with Gasteiger partial charge in [-0.3, -0.25) is 9.35 Å². The highest BCUT2D eigenvalue weighted by Crippen LogP contribution is 2.26. The van der Waals surface area contributed by atoms with Crippen molar-refractivity contribution < 1.29 is 17.8 Å². The van der Waals surface area contributed by atoms with E-state index >= 15 is 0 Å². The molecule has 1 N–H and O–H groups in total. The van der Waals surface area contributed by atoms with Crippen molar-refractivity contribution in [1.29, 1.82) is 0 Å². The van der Waals surface area contributed by atoms with E-state index in [0.29, 0.717) is 12.7 Å². The zero-order chi connectivity index (χ0) is 21.1. The largest absolute Gasteiger partial charge is 0.348 e. The van der Waals surface area contributed by atoms with Crippen LogP contribution in [0.2, 0.25) is 0 Å². The van der Waals surface area contributed by atoms with E-state index in [1.807, 2.05) is 29.7 Å². The molecule has 0 unspecified atom stereocenters. The Morgan fingerprint density at radius 1 is 1.07 bits per heavy atom. The van der Waals surface area contributed by atoms with Crippen molar-refractivity contribution in [2.45, 2.75) is 20.3 Å². The molecule has 0 saturated heterocycles. The monoisotopic (exact) mass is 403 g/mol. The number of nitrogens with zero attached hydrogens (tertiary/aromatic N) is 3. The van der Waals surface area contributed by atoms with Gasteiger partial charge in [0.15, 0.2) is 0 Å². The molecule has 0 radical (unpaired) electrons. The van der Waals surface area contributed by atoms with Crippen LogP contribution in [0.25, 0.3) is 16.9 Å². The van der Waals surface area contributed by atoms with Gasteiger partial charge < -0.3 is 9.30 Å². The number of likely N-dealkylation sites (N-methyl/N-ethyl adjacent to an activating group) is 1. The molecular formula is C20H25N3O4S. The van der Waals surface area contributed by atoms with E-state index in [9.17, 15) is 13.2 Å². The minimum absolute atomic E-state index is 0.0710. The van der Waals surface area contributed by atoms with E-state index in [2.05, 4.69) is 31.2 Å². The fraction of sp³-hybridized carbons (Fsp3) is 0.300. The van der Waals surface area contributed by atoms with Crippen molar-refractivity contribution >= 4 is 21.7 Å². The van der Waals surface area contributed by atoms with Crippen LogP contribution in [-0.2, 0) is 21.3 Å². The molecule has 0 aliphatic carbocycles. The van der Waals surface area contributed by atoms with Gasteiger partial charge in [0.25, 0.3) is 10.1 Å². The summed E-state index contributed by atoms with van der Waals surface area (Å²) in [5.74, 6) is 0.0710. The fourth-order valence-corrected chi connectivity index (χ4v) is 2.61. The maximum atomic E-state index is 12.3. The second-order valence-corrected chi connectivity index (χ2v) is 8.37. The first-order chi connectivity index (χ1) is 13.0. The van der Waals surface area contributed by atoms with E-state index in [-0.39, 0.29) is 5.91 Å². The number of pyridine rings is 1. The summed E-state index contributed by atoms with van der Waals surface area (Å²) in [4.78, 5) is 18.6. The van der Waals surface area contributed by atoms with Crippen LogP contribution < -0.4 is 0 Å². The molecule has 0 saturated carbocycles. The lowest BCUT2D eigenvalue weighted by Crippen LogP contribution is -2.24. The van der Waals surface area contributed by atoms with Crippen LogP contribution in [-0.4, -0.2) is 53.5 Å². The Labute approximate surface area is 165 Å². The molecule has 0 bridgehead atoms. The number of fused-ring (bicyclic) bond motifs is 1. The van der Waals surface area contributed by atoms with Crippen LogP contribution in [0.5, 0.6) is 0 Å². The van der Waals surface area contributed by atoms with Crippen molar-refractivity contribution in [1.82, 2.24) is 14.3 Å². The number of imidazole rings is 1. The Morgan fingerprint density at radius 3 is 2.14 bits per heavy atom. The Bertz CT molecular complexity index is 1080. The van der Waals surface area contributed by atoms with E-state index in [1.165, 1.54) is 5.56 Å². The number of carbonyl (C=O) groups excluding carboxylic acids is 1. The summed E-state index contributed by atoms with van der Waals surface area (Å²) in [5, 5.41) is 0. The summed E-state index contributed by atoms with van der Waals surface area (Å²) in [7, 11) is -0.106. The van der Waals surface area contributed by atoms with E-state index in [0.717, 1.165) is 28.2 Å². The van der Waals surface area contributed by atoms with Crippen LogP contribution in [0.3, 0.4) is 0 Å². The zero-order valence-electron chi connectivity index (χ0n) is 16.7. The molecule has 0 fully saturated rings.